The highest BCUT2D eigenvalue weighted by molar-refractivity contribution is 5.74. The van der Waals surface area contributed by atoms with Gasteiger partial charge in [0.2, 0.25) is 0 Å². The quantitative estimate of drug-likeness (QED) is 0.415. The van der Waals surface area contributed by atoms with Crippen molar-refractivity contribution in [1.82, 2.24) is 0 Å². The fraction of sp³-hybridized carbons (Fsp3) is 0.500. The molecule has 0 fully saturated rings. The summed E-state index contributed by atoms with van der Waals surface area (Å²) in [6.45, 7) is 3.51. The molecule has 0 aromatic rings. The summed E-state index contributed by atoms with van der Waals surface area (Å²) in [4.78, 5) is 20.7. The van der Waals surface area contributed by atoms with Crippen molar-refractivity contribution in [2.45, 2.75) is 24.9 Å². The first-order valence-electron chi connectivity index (χ1n) is 3.98. The predicted molar refractivity (Wildman–Crippen MR) is 49.6 cm³/mol. The van der Waals surface area contributed by atoms with E-state index in [0.29, 0.717) is 5.57 Å². The van der Waals surface area contributed by atoms with Crippen LogP contribution in [0.25, 0.3) is 0 Å². The van der Waals surface area contributed by atoms with Crippen LogP contribution in [0, 0.1) is 0 Å². The first-order chi connectivity index (χ1) is 6.34. The van der Waals surface area contributed by atoms with Crippen molar-refractivity contribution in [3.8, 4) is 0 Å². The molecule has 0 aliphatic heterocycles. The molecule has 14 heavy (non-hydrogen) atoms. The summed E-state index contributed by atoms with van der Waals surface area (Å²) in [6, 6.07) is -2.10. The maximum Gasteiger partial charge on any atom is 0.320 e. The number of carboxylic acids is 2. The topological polar surface area (TPSA) is 127 Å². The maximum absolute atomic E-state index is 10.3. The van der Waals surface area contributed by atoms with Crippen LogP contribution in [0.5, 0.6) is 0 Å². The van der Waals surface area contributed by atoms with Crippen LogP contribution in [-0.4, -0.2) is 34.2 Å². The third-order valence-electron chi connectivity index (χ3n) is 1.65. The van der Waals surface area contributed by atoms with Gasteiger partial charge in [0.15, 0.2) is 0 Å². The Balaban J connectivity index is 3.99. The predicted octanol–water partition coefficient (Wildman–Crippen LogP) is -0.853. The SMILES string of the molecule is C=C(C[C@@H](N)C(=O)O)C[C@H](N)C(=O)O. The third kappa shape index (κ3) is 4.58. The lowest BCUT2D eigenvalue weighted by Gasteiger charge is -2.11. The third-order valence-corrected chi connectivity index (χ3v) is 1.65. The molecular formula is C8H14N2O4. The molecule has 2 atom stereocenters. The summed E-state index contributed by atoms with van der Waals surface area (Å²) < 4.78 is 0. The second-order valence-corrected chi connectivity index (χ2v) is 3.05. The van der Waals surface area contributed by atoms with Crippen molar-refractivity contribution in [1.29, 1.82) is 0 Å². The molecule has 0 spiro atoms. The Kier molecular flexibility index (Phi) is 4.82. The number of aliphatic carboxylic acids is 2. The van der Waals surface area contributed by atoms with Gasteiger partial charge in [0, 0.05) is 0 Å². The molecular weight excluding hydrogens is 188 g/mol. The second-order valence-electron chi connectivity index (χ2n) is 3.05. The van der Waals surface area contributed by atoms with Gasteiger partial charge < -0.3 is 21.7 Å². The lowest BCUT2D eigenvalue weighted by molar-refractivity contribution is -0.139. The van der Waals surface area contributed by atoms with E-state index in [2.05, 4.69) is 6.58 Å². The van der Waals surface area contributed by atoms with Gasteiger partial charge in [-0.05, 0) is 12.8 Å². The number of hydrogen-bond donors (Lipinski definition) is 4. The Labute approximate surface area is 81.2 Å². The Hall–Kier alpha value is -1.40. The van der Waals surface area contributed by atoms with E-state index in [1.165, 1.54) is 0 Å². The van der Waals surface area contributed by atoms with Crippen LogP contribution in [0.1, 0.15) is 12.8 Å². The molecule has 0 bridgehead atoms. The highest BCUT2D eigenvalue weighted by atomic mass is 16.4. The lowest BCUT2D eigenvalue weighted by Crippen LogP contribution is -2.33. The first kappa shape index (κ1) is 12.6. The summed E-state index contributed by atoms with van der Waals surface area (Å²) in [6.07, 6.45) is 0.0760. The second kappa shape index (κ2) is 5.36. The van der Waals surface area contributed by atoms with Gasteiger partial charge in [-0.3, -0.25) is 9.59 Å². The number of carboxylic acid groups (broad SMARTS) is 2. The van der Waals surface area contributed by atoms with Gasteiger partial charge in [0.1, 0.15) is 12.1 Å². The zero-order valence-corrected chi connectivity index (χ0v) is 7.64. The van der Waals surface area contributed by atoms with E-state index >= 15 is 0 Å². The smallest absolute Gasteiger partial charge is 0.320 e. The molecule has 80 valence electrons. The molecule has 6 heteroatoms. The van der Waals surface area contributed by atoms with E-state index in [0.717, 1.165) is 0 Å². The molecule has 0 aromatic heterocycles. The van der Waals surface area contributed by atoms with Gasteiger partial charge >= 0.3 is 11.9 Å². The molecule has 0 aliphatic carbocycles. The summed E-state index contributed by atoms with van der Waals surface area (Å²) >= 11 is 0. The molecule has 0 aliphatic rings. The molecule has 0 heterocycles. The molecule has 0 amide bonds. The summed E-state index contributed by atoms with van der Waals surface area (Å²) in [5.74, 6) is -2.29. The Morgan fingerprint density at radius 3 is 1.57 bits per heavy atom. The summed E-state index contributed by atoms with van der Waals surface area (Å²) in [7, 11) is 0. The van der Waals surface area contributed by atoms with Crippen LogP contribution < -0.4 is 11.5 Å². The monoisotopic (exact) mass is 202 g/mol. The zero-order valence-electron chi connectivity index (χ0n) is 7.64. The zero-order chi connectivity index (χ0) is 11.3. The van der Waals surface area contributed by atoms with Crippen molar-refractivity contribution in [2.75, 3.05) is 0 Å². The summed E-state index contributed by atoms with van der Waals surface area (Å²) in [5, 5.41) is 16.9. The minimum Gasteiger partial charge on any atom is -0.480 e. The van der Waals surface area contributed by atoms with Gasteiger partial charge in [-0.2, -0.15) is 0 Å². The minimum atomic E-state index is -1.14. The van der Waals surface area contributed by atoms with Crippen molar-refractivity contribution < 1.29 is 19.8 Å². The van der Waals surface area contributed by atoms with Crippen molar-refractivity contribution in [2.24, 2.45) is 11.5 Å². The molecule has 0 radical (unpaired) electrons. The number of rotatable bonds is 6. The highest BCUT2D eigenvalue weighted by Gasteiger charge is 2.17. The van der Waals surface area contributed by atoms with E-state index in [1.54, 1.807) is 0 Å². The largest absolute Gasteiger partial charge is 0.480 e. The molecule has 0 rings (SSSR count). The lowest BCUT2D eigenvalue weighted by atomic mass is 10.0. The average Bonchev–Trinajstić information content (AvgIpc) is 2.03. The van der Waals surface area contributed by atoms with Crippen LogP contribution in [0.3, 0.4) is 0 Å². The van der Waals surface area contributed by atoms with Gasteiger partial charge in [0.25, 0.3) is 0 Å². The van der Waals surface area contributed by atoms with Gasteiger partial charge in [-0.1, -0.05) is 12.2 Å². The van der Waals surface area contributed by atoms with E-state index in [-0.39, 0.29) is 12.8 Å². The Morgan fingerprint density at radius 1 is 1.07 bits per heavy atom. The average molecular weight is 202 g/mol. The first-order valence-corrected chi connectivity index (χ1v) is 3.98. The van der Waals surface area contributed by atoms with Crippen molar-refractivity contribution >= 4 is 11.9 Å². The Bertz CT molecular complexity index is 228. The van der Waals surface area contributed by atoms with Gasteiger partial charge in [-0.25, -0.2) is 0 Å². The maximum atomic E-state index is 10.3. The minimum absolute atomic E-state index is 0.0380. The number of hydrogen-bond acceptors (Lipinski definition) is 4. The van der Waals surface area contributed by atoms with Crippen LogP contribution in [0.4, 0.5) is 0 Å². The van der Waals surface area contributed by atoms with E-state index < -0.39 is 24.0 Å². The Morgan fingerprint density at radius 2 is 1.36 bits per heavy atom. The van der Waals surface area contributed by atoms with Gasteiger partial charge in [-0.15, -0.1) is 0 Å². The van der Waals surface area contributed by atoms with Crippen LogP contribution in [0.15, 0.2) is 12.2 Å². The van der Waals surface area contributed by atoms with Crippen molar-refractivity contribution in [3.05, 3.63) is 12.2 Å². The van der Waals surface area contributed by atoms with Crippen LogP contribution in [0.2, 0.25) is 0 Å². The number of nitrogens with two attached hydrogens (primary N) is 2. The fourth-order valence-corrected chi connectivity index (χ4v) is 0.880. The van der Waals surface area contributed by atoms with E-state index in [1.807, 2.05) is 0 Å². The molecule has 0 saturated carbocycles. The number of carbonyl (C=O) groups is 2. The van der Waals surface area contributed by atoms with E-state index in [4.69, 9.17) is 21.7 Å². The molecule has 6 nitrogen and oxygen atoms in total. The van der Waals surface area contributed by atoms with Crippen molar-refractivity contribution in [3.63, 3.8) is 0 Å². The standard InChI is InChI=1S/C8H14N2O4/c1-4(2-5(9)7(11)12)3-6(10)8(13)14/h5-6H,1-3,9-10H2,(H,11,12)(H,13,14)/t5-,6+. The van der Waals surface area contributed by atoms with Crippen LogP contribution >= 0.6 is 0 Å². The molecule has 0 aromatic carbocycles. The molecule has 6 N–H and O–H groups in total. The highest BCUT2D eigenvalue weighted by Crippen LogP contribution is 2.08. The molecule has 0 unspecified atom stereocenters. The normalized spacial score (nSPS) is 14.4. The molecule has 0 saturated heterocycles. The van der Waals surface area contributed by atoms with E-state index in [9.17, 15) is 9.59 Å². The summed E-state index contributed by atoms with van der Waals surface area (Å²) in [5.41, 5.74) is 10.9. The van der Waals surface area contributed by atoms with Crippen LogP contribution in [-0.2, 0) is 9.59 Å². The van der Waals surface area contributed by atoms with Gasteiger partial charge in [0.05, 0.1) is 0 Å². The fourth-order valence-electron chi connectivity index (χ4n) is 0.880.